The molecule has 1 rings (SSSR count). The Hall–Kier alpha value is -0.260. The van der Waals surface area contributed by atoms with Crippen LogP contribution in [0.3, 0.4) is 0 Å². The van der Waals surface area contributed by atoms with Gasteiger partial charge in [-0.3, -0.25) is 15.1 Å². The van der Waals surface area contributed by atoms with Gasteiger partial charge in [0, 0.05) is 29.5 Å². The molecule has 0 aliphatic carbocycles. The molecule has 1 fully saturated rings. The number of hydrogen-bond acceptors (Lipinski definition) is 4. The molecule has 100 valence electrons. The number of thioether (sulfide) groups is 1. The van der Waals surface area contributed by atoms with E-state index < -0.39 is 0 Å². The van der Waals surface area contributed by atoms with Crippen LogP contribution in [0.15, 0.2) is 0 Å². The van der Waals surface area contributed by atoms with E-state index in [1.165, 1.54) is 12.2 Å². The summed E-state index contributed by atoms with van der Waals surface area (Å²) in [4.78, 5) is 13.6. The van der Waals surface area contributed by atoms with Crippen LogP contribution in [0.25, 0.3) is 0 Å². The summed E-state index contributed by atoms with van der Waals surface area (Å²) in [5.41, 5.74) is 2.19. The van der Waals surface area contributed by atoms with Gasteiger partial charge >= 0.3 is 0 Å². The average molecular weight is 259 g/mol. The molecule has 0 spiro atoms. The summed E-state index contributed by atoms with van der Waals surface area (Å²) >= 11 is 2.05. The largest absolute Gasteiger partial charge is 0.300 e. The number of nitrogens with zero attached hydrogens (tertiary/aromatic N) is 1. The number of carbonyl (C=O) groups excluding carboxylic acids is 1. The summed E-state index contributed by atoms with van der Waals surface area (Å²) in [7, 11) is 0. The molecule has 3 N–H and O–H groups in total. The Morgan fingerprint density at radius 1 is 1.53 bits per heavy atom. The van der Waals surface area contributed by atoms with E-state index in [4.69, 9.17) is 5.84 Å². The van der Waals surface area contributed by atoms with Crippen molar-refractivity contribution in [2.45, 2.75) is 50.8 Å². The van der Waals surface area contributed by atoms with Crippen LogP contribution >= 0.6 is 11.8 Å². The molecule has 1 heterocycles. The number of nitrogens with two attached hydrogens (primary N) is 1. The zero-order chi connectivity index (χ0) is 12.9. The van der Waals surface area contributed by atoms with Crippen LogP contribution < -0.4 is 11.3 Å². The fourth-order valence-electron chi connectivity index (χ4n) is 2.07. The molecule has 0 aromatic carbocycles. The smallest absolute Gasteiger partial charge is 0.233 e. The number of amides is 1. The van der Waals surface area contributed by atoms with Crippen molar-refractivity contribution in [3.8, 4) is 0 Å². The van der Waals surface area contributed by atoms with Crippen LogP contribution in [0.1, 0.15) is 40.0 Å². The van der Waals surface area contributed by atoms with Gasteiger partial charge in [0.1, 0.15) is 0 Å². The second kappa shape index (κ2) is 6.61. The second-order valence-corrected chi connectivity index (χ2v) is 7.15. The molecule has 1 aliphatic heterocycles. The molecule has 1 aliphatic rings. The van der Waals surface area contributed by atoms with E-state index in [-0.39, 0.29) is 5.91 Å². The SMILES string of the molecule is CC(CCC(=O)NN)N1CCSC(C)(C)CC1. The number of hydrazine groups is 1. The summed E-state index contributed by atoms with van der Waals surface area (Å²) in [6, 6.07) is 0.460. The van der Waals surface area contributed by atoms with Gasteiger partial charge in [0.15, 0.2) is 0 Å². The van der Waals surface area contributed by atoms with Gasteiger partial charge in [0.05, 0.1) is 0 Å². The van der Waals surface area contributed by atoms with Gasteiger partial charge in [0.2, 0.25) is 5.91 Å². The number of nitrogens with one attached hydrogen (secondary N) is 1. The minimum atomic E-state index is -0.0682. The highest BCUT2D eigenvalue weighted by molar-refractivity contribution is 8.00. The van der Waals surface area contributed by atoms with Crippen molar-refractivity contribution in [1.82, 2.24) is 10.3 Å². The summed E-state index contributed by atoms with van der Waals surface area (Å²) in [6.07, 6.45) is 2.62. The van der Waals surface area contributed by atoms with Gasteiger partial charge in [-0.2, -0.15) is 11.8 Å². The summed E-state index contributed by atoms with van der Waals surface area (Å²) in [5.74, 6) is 6.19. The Morgan fingerprint density at radius 3 is 2.88 bits per heavy atom. The van der Waals surface area contributed by atoms with Gasteiger partial charge in [-0.05, 0) is 26.3 Å². The highest BCUT2D eigenvalue weighted by atomic mass is 32.2. The standard InChI is InChI=1S/C12H25N3OS/c1-10(4-5-11(16)14-13)15-7-6-12(2,3)17-9-8-15/h10H,4-9,13H2,1-3H3,(H,14,16). The predicted octanol–water partition coefficient (Wildman–Crippen LogP) is 1.36. The van der Waals surface area contributed by atoms with Crippen molar-refractivity contribution < 1.29 is 4.79 Å². The maximum atomic E-state index is 11.1. The molecule has 1 amide bonds. The van der Waals surface area contributed by atoms with E-state index in [2.05, 4.69) is 42.9 Å². The van der Waals surface area contributed by atoms with Gasteiger partial charge in [0.25, 0.3) is 0 Å². The molecule has 0 saturated carbocycles. The maximum absolute atomic E-state index is 11.1. The third-order valence-electron chi connectivity index (χ3n) is 3.45. The molecule has 1 atom stereocenters. The van der Waals surface area contributed by atoms with E-state index in [0.29, 0.717) is 17.2 Å². The first-order valence-corrected chi connectivity index (χ1v) is 7.30. The topological polar surface area (TPSA) is 58.4 Å². The Bertz CT molecular complexity index is 258. The van der Waals surface area contributed by atoms with Crippen molar-refractivity contribution in [3.05, 3.63) is 0 Å². The fourth-order valence-corrected chi connectivity index (χ4v) is 3.19. The first-order valence-electron chi connectivity index (χ1n) is 6.32. The molecule has 4 nitrogen and oxygen atoms in total. The summed E-state index contributed by atoms with van der Waals surface area (Å²) in [6.45, 7) is 9.08. The normalized spacial score (nSPS) is 22.8. The van der Waals surface area contributed by atoms with E-state index in [1.807, 2.05) is 0 Å². The van der Waals surface area contributed by atoms with Gasteiger partial charge in [-0.1, -0.05) is 13.8 Å². The molecular formula is C12H25N3OS. The number of rotatable bonds is 4. The van der Waals surface area contributed by atoms with Crippen molar-refractivity contribution in [1.29, 1.82) is 0 Å². The lowest BCUT2D eigenvalue weighted by Gasteiger charge is -2.28. The third-order valence-corrected chi connectivity index (χ3v) is 4.82. The summed E-state index contributed by atoms with van der Waals surface area (Å²) in [5, 5.41) is 0. The second-order valence-electron chi connectivity index (χ2n) is 5.35. The van der Waals surface area contributed by atoms with Crippen LogP contribution in [0.5, 0.6) is 0 Å². The quantitative estimate of drug-likeness (QED) is 0.455. The highest BCUT2D eigenvalue weighted by Gasteiger charge is 2.25. The molecule has 17 heavy (non-hydrogen) atoms. The van der Waals surface area contributed by atoms with Crippen LogP contribution in [0, 0.1) is 0 Å². The van der Waals surface area contributed by atoms with E-state index >= 15 is 0 Å². The van der Waals surface area contributed by atoms with E-state index in [1.54, 1.807) is 0 Å². The van der Waals surface area contributed by atoms with E-state index in [0.717, 1.165) is 19.5 Å². The lowest BCUT2D eigenvalue weighted by Crippen LogP contribution is -2.37. The van der Waals surface area contributed by atoms with Crippen LogP contribution in [-0.4, -0.2) is 40.4 Å². The number of carbonyl (C=O) groups is 1. The third kappa shape index (κ3) is 5.27. The highest BCUT2D eigenvalue weighted by Crippen LogP contribution is 2.31. The maximum Gasteiger partial charge on any atom is 0.233 e. The fraction of sp³-hybridized carbons (Fsp3) is 0.917. The van der Waals surface area contributed by atoms with Gasteiger partial charge in [-0.15, -0.1) is 0 Å². The lowest BCUT2D eigenvalue weighted by molar-refractivity contribution is -0.121. The molecule has 0 aromatic rings. The molecule has 0 bridgehead atoms. The predicted molar refractivity (Wildman–Crippen MR) is 73.8 cm³/mol. The van der Waals surface area contributed by atoms with Gasteiger partial charge in [-0.25, -0.2) is 5.84 Å². The Kier molecular flexibility index (Phi) is 5.76. The first kappa shape index (κ1) is 14.8. The van der Waals surface area contributed by atoms with E-state index in [9.17, 15) is 4.79 Å². The molecule has 1 unspecified atom stereocenters. The molecule has 0 aromatic heterocycles. The first-order chi connectivity index (χ1) is 7.94. The van der Waals surface area contributed by atoms with Crippen molar-refractivity contribution in [2.75, 3.05) is 18.8 Å². The van der Waals surface area contributed by atoms with Crippen molar-refractivity contribution in [3.63, 3.8) is 0 Å². The summed E-state index contributed by atoms with van der Waals surface area (Å²) < 4.78 is 0.392. The molecule has 5 heteroatoms. The Morgan fingerprint density at radius 2 is 2.24 bits per heavy atom. The number of hydrogen-bond donors (Lipinski definition) is 2. The molecule has 0 radical (unpaired) electrons. The minimum absolute atomic E-state index is 0.0682. The molecular weight excluding hydrogens is 234 g/mol. The zero-order valence-electron chi connectivity index (χ0n) is 11.2. The van der Waals surface area contributed by atoms with Crippen LogP contribution in [-0.2, 0) is 4.79 Å². The van der Waals surface area contributed by atoms with Crippen LogP contribution in [0.4, 0.5) is 0 Å². The van der Waals surface area contributed by atoms with Crippen LogP contribution in [0.2, 0.25) is 0 Å². The zero-order valence-corrected chi connectivity index (χ0v) is 12.0. The lowest BCUT2D eigenvalue weighted by atomic mass is 10.1. The monoisotopic (exact) mass is 259 g/mol. The van der Waals surface area contributed by atoms with Gasteiger partial charge < -0.3 is 0 Å². The Labute approximate surface area is 109 Å². The average Bonchev–Trinajstić information content (AvgIpc) is 2.46. The molecule has 1 saturated heterocycles. The Balaban J connectivity index is 2.36. The van der Waals surface area contributed by atoms with Crippen molar-refractivity contribution >= 4 is 17.7 Å². The van der Waals surface area contributed by atoms with Crippen molar-refractivity contribution in [2.24, 2.45) is 5.84 Å². The minimum Gasteiger partial charge on any atom is -0.300 e.